The van der Waals surface area contributed by atoms with E-state index in [-0.39, 0.29) is 11.3 Å². The molecule has 0 spiro atoms. The Morgan fingerprint density at radius 3 is 2.57 bits per heavy atom. The molecule has 0 saturated carbocycles. The van der Waals surface area contributed by atoms with Gasteiger partial charge in [0, 0.05) is 12.1 Å². The van der Waals surface area contributed by atoms with Crippen molar-refractivity contribution in [3.05, 3.63) is 59.2 Å². The molecule has 8 heteroatoms. The molecule has 23 heavy (non-hydrogen) atoms. The molecule has 0 bridgehead atoms. The van der Waals surface area contributed by atoms with Crippen LogP contribution >= 0.6 is 0 Å². The Balaban J connectivity index is 1.84. The summed E-state index contributed by atoms with van der Waals surface area (Å²) in [6.45, 7) is -0.618. The van der Waals surface area contributed by atoms with Gasteiger partial charge in [0.05, 0.1) is 24.4 Å². The van der Waals surface area contributed by atoms with Gasteiger partial charge in [-0.1, -0.05) is 0 Å². The predicted octanol–water partition coefficient (Wildman–Crippen LogP) is 2.64. The molecule has 3 rings (SSSR count). The largest absolute Gasteiger partial charge is 0.463 e. The van der Waals surface area contributed by atoms with E-state index in [1.54, 1.807) is 6.07 Å². The predicted molar refractivity (Wildman–Crippen MR) is 74.2 cm³/mol. The van der Waals surface area contributed by atoms with Crippen LogP contribution in [0.1, 0.15) is 22.1 Å². The maximum atomic E-state index is 13.3. The number of aliphatic hydroxyl groups is 1. The highest BCUT2D eigenvalue weighted by molar-refractivity contribution is 5.97. The number of aromatic nitrogens is 1. The molecule has 2 aromatic heterocycles. The molecule has 1 amide bonds. The Hall–Kier alpha value is -2.74. The maximum Gasteiger partial charge on any atom is 0.268 e. The Kier molecular flexibility index (Phi) is 3.83. The summed E-state index contributed by atoms with van der Waals surface area (Å²) in [5, 5.41) is 11.8. The zero-order valence-corrected chi connectivity index (χ0v) is 11.6. The van der Waals surface area contributed by atoms with Gasteiger partial charge >= 0.3 is 0 Å². The molecule has 2 heterocycles. The number of nitrogens with one attached hydrogen (secondary N) is 2. The van der Waals surface area contributed by atoms with Gasteiger partial charge in [0.15, 0.2) is 23.0 Å². The standard InChI is InChI=1S/C15H11F3N2O3/c16-8-3-7(4-9(17)14(8)18)12(6-21)20-15(22)11-5-13-10(19-11)1-2-23-13/h1-5,12,19,21H,6H2,(H,20,22). The van der Waals surface area contributed by atoms with E-state index in [1.165, 1.54) is 12.3 Å². The van der Waals surface area contributed by atoms with Crippen molar-refractivity contribution in [3.8, 4) is 0 Å². The average molecular weight is 324 g/mol. The van der Waals surface area contributed by atoms with E-state index in [1.807, 2.05) is 0 Å². The molecule has 0 fully saturated rings. The highest BCUT2D eigenvalue weighted by atomic mass is 19.2. The molecule has 120 valence electrons. The third kappa shape index (κ3) is 2.80. The van der Waals surface area contributed by atoms with E-state index < -0.39 is 36.0 Å². The fourth-order valence-electron chi connectivity index (χ4n) is 2.22. The molecular formula is C15H11F3N2O3. The monoisotopic (exact) mass is 324 g/mol. The van der Waals surface area contributed by atoms with Crippen LogP contribution in [0, 0.1) is 17.5 Å². The molecule has 0 aliphatic carbocycles. The molecule has 1 aromatic carbocycles. The number of carbonyl (C=O) groups is 1. The summed E-state index contributed by atoms with van der Waals surface area (Å²) < 4.78 is 44.6. The average Bonchev–Trinajstić information content (AvgIpc) is 3.11. The van der Waals surface area contributed by atoms with Gasteiger partial charge in [-0.2, -0.15) is 0 Å². The third-order valence-corrected chi connectivity index (χ3v) is 3.38. The van der Waals surface area contributed by atoms with E-state index >= 15 is 0 Å². The molecule has 3 N–H and O–H groups in total. The number of aliphatic hydroxyl groups excluding tert-OH is 1. The number of furan rings is 1. The van der Waals surface area contributed by atoms with Gasteiger partial charge in [0.2, 0.25) is 0 Å². The second-order valence-corrected chi connectivity index (χ2v) is 4.89. The summed E-state index contributed by atoms with van der Waals surface area (Å²) in [6, 6.07) is 3.42. The molecule has 0 radical (unpaired) electrons. The normalized spacial score (nSPS) is 12.5. The summed E-state index contributed by atoms with van der Waals surface area (Å²) in [6.07, 6.45) is 1.45. The lowest BCUT2D eigenvalue weighted by Gasteiger charge is -2.16. The number of H-pyrrole nitrogens is 1. The van der Waals surface area contributed by atoms with E-state index in [0.717, 1.165) is 12.1 Å². The second-order valence-electron chi connectivity index (χ2n) is 4.89. The number of rotatable bonds is 4. The first kappa shape index (κ1) is 15.2. The Morgan fingerprint density at radius 1 is 1.26 bits per heavy atom. The minimum absolute atomic E-state index is 0.0903. The van der Waals surface area contributed by atoms with Crippen LogP contribution in [0.2, 0.25) is 0 Å². The topological polar surface area (TPSA) is 78.3 Å². The number of hydrogen-bond donors (Lipinski definition) is 3. The van der Waals surface area contributed by atoms with Crippen molar-refractivity contribution >= 4 is 17.0 Å². The first-order chi connectivity index (χ1) is 11.0. The van der Waals surface area contributed by atoms with Crippen LogP contribution in [-0.2, 0) is 0 Å². The summed E-state index contributed by atoms with van der Waals surface area (Å²) in [5.41, 5.74) is 1.14. The van der Waals surface area contributed by atoms with Crippen molar-refractivity contribution in [1.82, 2.24) is 10.3 Å². The number of fused-ring (bicyclic) bond motifs is 1. The highest BCUT2D eigenvalue weighted by Gasteiger charge is 2.20. The molecular weight excluding hydrogens is 313 g/mol. The molecule has 0 aliphatic heterocycles. The first-order valence-electron chi connectivity index (χ1n) is 6.62. The molecule has 1 unspecified atom stereocenters. The van der Waals surface area contributed by atoms with E-state index in [2.05, 4.69) is 10.3 Å². The molecule has 3 aromatic rings. The van der Waals surface area contributed by atoms with Crippen LogP contribution < -0.4 is 5.32 Å². The lowest BCUT2D eigenvalue weighted by Crippen LogP contribution is -2.31. The summed E-state index contributed by atoms with van der Waals surface area (Å²) >= 11 is 0. The lowest BCUT2D eigenvalue weighted by molar-refractivity contribution is 0.0911. The first-order valence-corrected chi connectivity index (χ1v) is 6.62. The van der Waals surface area contributed by atoms with E-state index in [9.17, 15) is 23.1 Å². The quantitative estimate of drug-likeness (QED) is 0.646. The Morgan fingerprint density at radius 2 is 1.96 bits per heavy atom. The van der Waals surface area contributed by atoms with Crippen molar-refractivity contribution in [2.75, 3.05) is 6.61 Å². The molecule has 5 nitrogen and oxygen atoms in total. The van der Waals surface area contributed by atoms with Crippen LogP contribution in [0.4, 0.5) is 13.2 Å². The van der Waals surface area contributed by atoms with Crippen molar-refractivity contribution in [2.45, 2.75) is 6.04 Å². The van der Waals surface area contributed by atoms with Gasteiger partial charge in [0.25, 0.3) is 5.91 Å². The van der Waals surface area contributed by atoms with Crippen molar-refractivity contribution in [2.24, 2.45) is 0 Å². The third-order valence-electron chi connectivity index (χ3n) is 3.38. The van der Waals surface area contributed by atoms with Crippen LogP contribution in [0.25, 0.3) is 11.1 Å². The van der Waals surface area contributed by atoms with Crippen molar-refractivity contribution in [3.63, 3.8) is 0 Å². The highest BCUT2D eigenvalue weighted by Crippen LogP contribution is 2.21. The van der Waals surface area contributed by atoms with Crippen LogP contribution in [-0.4, -0.2) is 22.6 Å². The molecule has 1 atom stereocenters. The maximum absolute atomic E-state index is 13.3. The van der Waals surface area contributed by atoms with Crippen molar-refractivity contribution in [1.29, 1.82) is 0 Å². The van der Waals surface area contributed by atoms with Crippen LogP contribution in [0.5, 0.6) is 0 Å². The smallest absolute Gasteiger partial charge is 0.268 e. The number of halogens is 3. The van der Waals surface area contributed by atoms with Gasteiger partial charge < -0.3 is 19.8 Å². The molecule has 0 saturated heterocycles. The van der Waals surface area contributed by atoms with Crippen LogP contribution in [0.15, 0.2) is 34.9 Å². The second kappa shape index (κ2) is 5.81. The lowest BCUT2D eigenvalue weighted by atomic mass is 10.1. The fraction of sp³-hybridized carbons (Fsp3) is 0.133. The van der Waals surface area contributed by atoms with E-state index in [4.69, 9.17) is 4.42 Å². The SMILES string of the molecule is O=C(NC(CO)c1cc(F)c(F)c(F)c1)c1cc2occc2[nH]1. The zero-order valence-electron chi connectivity index (χ0n) is 11.6. The summed E-state index contributed by atoms with van der Waals surface area (Å²) in [4.78, 5) is 14.9. The van der Waals surface area contributed by atoms with E-state index in [0.29, 0.717) is 11.1 Å². The van der Waals surface area contributed by atoms with Crippen LogP contribution in [0.3, 0.4) is 0 Å². The number of aromatic amines is 1. The minimum atomic E-state index is -1.61. The van der Waals surface area contributed by atoms with Gasteiger partial charge in [-0.25, -0.2) is 13.2 Å². The minimum Gasteiger partial charge on any atom is -0.463 e. The fourth-order valence-corrected chi connectivity index (χ4v) is 2.22. The van der Waals surface area contributed by atoms with Crippen molar-refractivity contribution < 1.29 is 27.5 Å². The zero-order chi connectivity index (χ0) is 16.6. The Bertz CT molecular complexity index is 820. The summed E-state index contributed by atoms with van der Waals surface area (Å²) in [5.74, 6) is -5.02. The number of hydrogen-bond acceptors (Lipinski definition) is 3. The number of amides is 1. The van der Waals surface area contributed by atoms with Gasteiger partial charge in [-0.15, -0.1) is 0 Å². The summed E-state index contributed by atoms with van der Waals surface area (Å²) in [7, 11) is 0. The molecule has 0 aliphatic rings. The number of carbonyl (C=O) groups excluding carboxylic acids is 1. The Labute approximate surface area is 127 Å². The van der Waals surface area contributed by atoms with Gasteiger partial charge in [-0.05, 0) is 17.7 Å². The van der Waals surface area contributed by atoms with Gasteiger partial charge in [-0.3, -0.25) is 4.79 Å². The van der Waals surface area contributed by atoms with Gasteiger partial charge in [0.1, 0.15) is 5.69 Å². The number of benzene rings is 1.